The molecule has 0 bridgehead atoms. The number of hydrogen-bond acceptors (Lipinski definition) is 5. The van der Waals surface area contributed by atoms with Gasteiger partial charge >= 0.3 is 0 Å². The monoisotopic (exact) mass is 185 g/mol. The van der Waals surface area contributed by atoms with Gasteiger partial charge in [-0.1, -0.05) is 0 Å². The van der Waals surface area contributed by atoms with Crippen molar-refractivity contribution in [3.63, 3.8) is 0 Å². The Morgan fingerprint density at radius 3 is 3.23 bits per heavy atom. The van der Waals surface area contributed by atoms with E-state index in [1.54, 1.807) is 0 Å². The summed E-state index contributed by atoms with van der Waals surface area (Å²) in [6.45, 7) is 4.67. The summed E-state index contributed by atoms with van der Waals surface area (Å²) in [5.41, 5.74) is 0. The SMILES string of the molecule is C1CNC(NCC2COCCO2)=N1. The zero-order valence-electron chi connectivity index (χ0n) is 7.58. The minimum Gasteiger partial charge on any atom is -0.376 e. The van der Waals surface area contributed by atoms with E-state index in [2.05, 4.69) is 15.6 Å². The molecule has 5 heteroatoms. The predicted octanol–water partition coefficient (Wildman–Crippen LogP) is -1.05. The fourth-order valence-corrected chi connectivity index (χ4v) is 1.38. The van der Waals surface area contributed by atoms with E-state index in [1.165, 1.54) is 0 Å². The fourth-order valence-electron chi connectivity index (χ4n) is 1.38. The van der Waals surface area contributed by atoms with Crippen LogP contribution in [0.15, 0.2) is 4.99 Å². The number of hydrogen-bond donors (Lipinski definition) is 2. The van der Waals surface area contributed by atoms with Gasteiger partial charge in [-0.3, -0.25) is 4.99 Å². The molecule has 2 aliphatic rings. The number of nitrogens with zero attached hydrogens (tertiary/aromatic N) is 1. The summed E-state index contributed by atoms with van der Waals surface area (Å²) >= 11 is 0. The molecule has 13 heavy (non-hydrogen) atoms. The quantitative estimate of drug-likeness (QED) is 0.576. The molecule has 1 unspecified atom stereocenters. The van der Waals surface area contributed by atoms with Crippen LogP contribution in [0, 0.1) is 0 Å². The van der Waals surface area contributed by atoms with Gasteiger partial charge in [0, 0.05) is 13.1 Å². The van der Waals surface area contributed by atoms with E-state index < -0.39 is 0 Å². The average molecular weight is 185 g/mol. The Hall–Kier alpha value is -0.810. The summed E-state index contributed by atoms with van der Waals surface area (Å²) < 4.78 is 10.7. The molecule has 2 heterocycles. The molecule has 0 radical (unpaired) electrons. The fraction of sp³-hybridized carbons (Fsp3) is 0.875. The van der Waals surface area contributed by atoms with Crippen LogP contribution in [0.25, 0.3) is 0 Å². The van der Waals surface area contributed by atoms with Crippen molar-refractivity contribution in [3.8, 4) is 0 Å². The van der Waals surface area contributed by atoms with Crippen LogP contribution in [0.2, 0.25) is 0 Å². The maximum absolute atomic E-state index is 5.47. The van der Waals surface area contributed by atoms with Gasteiger partial charge in [-0.2, -0.15) is 0 Å². The molecule has 1 saturated heterocycles. The van der Waals surface area contributed by atoms with Gasteiger partial charge in [0.15, 0.2) is 5.96 Å². The van der Waals surface area contributed by atoms with Crippen molar-refractivity contribution in [2.45, 2.75) is 6.10 Å². The van der Waals surface area contributed by atoms with Crippen molar-refractivity contribution in [1.82, 2.24) is 10.6 Å². The molecule has 1 atom stereocenters. The summed E-state index contributed by atoms with van der Waals surface area (Å²) in [6, 6.07) is 0. The Labute approximate surface area is 77.5 Å². The molecule has 0 aromatic rings. The highest BCUT2D eigenvalue weighted by Gasteiger charge is 2.15. The zero-order valence-corrected chi connectivity index (χ0v) is 7.58. The highest BCUT2D eigenvalue weighted by atomic mass is 16.6. The highest BCUT2D eigenvalue weighted by Crippen LogP contribution is 1.98. The van der Waals surface area contributed by atoms with E-state index in [0.29, 0.717) is 13.2 Å². The molecule has 0 aromatic heterocycles. The van der Waals surface area contributed by atoms with E-state index in [0.717, 1.165) is 32.2 Å². The second kappa shape index (κ2) is 4.43. The maximum atomic E-state index is 5.47. The van der Waals surface area contributed by atoms with Crippen molar-refractivity contribution in [1.29, 1.82) is 0 Å². The van der Waals surface area contributed by atoms with E-state index >= 15 is 0 Å². The van der Waals surface area contributed by atoms with Crippen LogP contribution in [-0.4, -0.2) is 51.5 Å². The third-order valence-corrected chi connectivity index (χ3v) is 2.06. The first-order chi connectivity index (χ1) is 6.45. The first-order valence-corrected chi connectivity index (χ1v) is 4.67. The molecule has 0 aromatic carbocycles. The molecule has 0 aliphatic carbocycles. The number of nitrogens with one attached hydrogen (secondary N) is 2. The average Bonchev–Trinajstić information content (AvgIpc) is 2.69. The molecule has 74 valence electrons. The normalized spacial score (nSPS) is 28.0. The Balaban J connectivity index is 1.66. The number of ether oxygens (including phenoxy) is 2. The van der Waals surface area contributed by atoms with Gasteiger partial charge < -0.3 is 20.1 Å². The minimum atomic E-state index is 0.166. The summed E-state index contributed by atoms with van der Waals surface area (Å²) in [4.78, 5) is 4.22. The van der Waals surface area contributed by atoms with Gasteiger partial charge in [-0.05, 0) is 0 Å². The molecule has 0 amide bonds. The summed E-state index contributed by atoms with van der Waals surface area (Å²) in [5, 5.41) is 6.32. The van der Waals surface area contributed by atoms with Crippen LogP contribution in [0.4, 0.5) is 0 Å². The lowest BCUT2D eigenvalue weighted by Gasteiger charge is -2.23. The molecule has 1 fully saturated rings. The van der Waals surface area contributed by atoms with Crippen molar-refractivity contribution in [2.24, 2.45) is 4.99 Å². The molecule has 2 rings (SSSR count). The molecular weight excluding hydrogens is 170 g/mol. The molecule has 2 N–H and O–H groups in total. The second-order valence-corrected chi connectivity index (χ2v) is 3.11. The lowest BCUT2D eigenvalue weighted by molar-refractivity contribution is -0.0850. The van der Waals surface area contributed by atoms with Gasteiger partial charge in [-0.15, -0.1) is 0 Å². The molecule has 0 saturated carbocycles. The van der Waals surface area contributed by atoms with Crippen LogP contribution in [0.3, 0.4) is 0 Å². The summed E-state index contributed by atoms with van der Waals surface area (Å²) in [6.07, 6.45) is 0.166. The van der Waals surface area contributed by atoms with Gasteiger partial charge in [0.25, 0.3) is 0 Å². The van der Waals surface area contributed by atoms with Gasteiger partial charge in [0.2, 0.25) is 0 Å². The van der Waals surface area contributed by atoms with Crippen molar-refractivity contribution in [3.05, 3.63) is 0 Å². The zero-order chi connectivity index (χ0) is 8.93. The standard InChI is InChI=1S/C8H15N3O2/c1-2-10-8(9-1)11-5-7-6-12-3-4-13-7/h7H,1-6H2,(H2,9,10,11). The van der Waals surface area contributed by atoms with Crippen molar-refractivity contribution in [2.75, 3.05) is 39.5 Å². The third-order valence-electron chi connectivity index (χ3n) is 2.06. The van der Waals surface area contributed by atoms with Gasteiger partial charge in [0.05, 0.1) is 32.5 Å². The number of aliphatic imine (C=N–C) groups is 1. The van der Waals surface area contributed by atoms with E-state index in [9.17, 15) is 0 Å². The molecule has 2 aliphatic heterocycles. The van der Waals surface area contributed by atoms with E-state index in [4.69, 9.17) is 9.47 Å². The predicted molar refractivity (Wildman–Crippen MR) is 48.9 cm³/mol. The third kappa shape index (κ3) is 2.57. The van der Waals surface area contributed by atoms with Crippen LogP contribution in [-0.2, 0) is 9.47 Å². The van der Waals surface area contributed by atoms with E-state index in [-0.39, 0.29) is 6.10 Å². The Morgan fingerprint density at radius 2 is 2.54 bits per heavy atom. The Bertz CT molecular complexity index is 190. The Morgan fingerprint density at radius 1 is 1.54 bits per heavy atom. The van der Waals surface area contributed by atoms with Crippen LogP contribution in [0.5, 0.6) is 0 Å². The molecule has 5 nitrogen and oxygen atoms in total. The number of rotatable bonds is 2. The minimum absolute atomic E-state index is 0.166. The van der Waals surface area contributed by atoms with E-state index in [1.807, 2.05) is 0 Å². The van der Waals surface area contributed by atoms with Gasteiger partial charge in [0.1, 0.15) is 0 Å². The Kier molecular flexibility index (Phi) is 2.99. The highest BCUT2D eigenvalue weighted by molar-refractivity contribution is 5.81. The largest absolute Gasteiger partial charge is 0.376 e. The lowest BCUT2D eigenvalue weighted by Crippen LogP contribution is -2.43. The van der Waals surface area contributed by atoms with Crippen LogP contribution < -0.4 is 10.6 Å². The topological polar surface area (TPSA) is 54.9 Å². The second-order valence-electron chi connectivity index (χ2n) is 3.11. The number of guanidine groups is 1. The van der Waals surface area contributed by atoms with Crippen LogP contribution in [0.1, 0.15) is 0 Å². The summed E-state index contributed by atoms with van der Waals surface area (Å²) in [7, 11) is 0. The van der Waals surface area contributed by atoms with Crippen molar-refractivity contribution >= 4 is 5.96 Å². The maximum Gasteiger partial charge on any atom is 0.191 e. The smallest absolute Gasteiger partial charge is 0.191 e. The lowest BCUT2D eigenvalue weighted by atomic mass is 10.3. The first-order valence-electron chi connectivity index (χ1n) is 4.67. The first kappa shape index (κ1) is 8.77. The van der Waals surface area contributed by atoms with Gasteiger partial charge in [-0.25, -0.2) is 0 Å². The summed E-state index contributed by atoms with van der Waals surface area (Å²) in [5.74, 6) is 0.883. The molecular formula is C8H15N3O2. The van der Waals surface area contributed by atoms with Crippen LogP contribution >= 0.6 is 0 Å². The molecule has 0 spiro atoms. The van der Waals surface area contributed by atoms with Crippen molar-refractivity contribution < 1.29 is 9.47 Å².